The first-order chi connectivity index (χ1) is 13.9. The van der Waals surface area contributed by atoms with Crippen LogP contribution in [0.15, 0.2) is 42.0 Å². The van der Waals surface area contributed by atoms with E-state index in [2.05, 4.69) is 5.32 Å². The van der Waals surface area contributed by atoms with Crippen LogP contribution in [0.4, 0.5) is 10.5 Å². The summed E-state index contributed by atoms with van der Waals surface area (Å²) in [5.41, 5.74) is 2.72. The van der Waals surface area contributed by atoms with Gasteiger partial charge >= 0.3 is 6.03 Å². The molecule has 1 aliphatic rings. The van der Waals surface area contributed by atoms with Crippen molar-refractivity contribution in [3.05, 3.63) is 58.7 Å². The number of nitrogens with zero attached hydrogens (tertiary/aromatic N) is 1. The highest BCUT2D eigenvalue weighted by Gasteiger charge is 2.36. The molecule has 7 nitrogen and oxygen atoms in total. The highest BCUT2D eigenvalue weighted by Crippen LogP contribution is 2.32. The van der Waals surface area contributed by atoms with Crippen molar-refractivity contribution >= 4 is 29.6 Å². The number of hydrogen-bond donors (Lipinski definition) is 1. The van der Waals surface area contributed by atoms with Gasteiger partial charge in [-0.2, -0.15) is 0 Å². The van der Waals surface area contributed by atoms with Gasteiger partial charge in [0.2, 0.25) is 0 Å². The summed E-state index contributed by atoms with van der Waals surface area (Å²) in [5.74, 6) is -0.413. The third-order valence-electron chi connectivity index (χ3n) is 4.78. The Labute approximate surface area is 168 Å². The Balaban J connectivity index is 2.03. The molecule has 0 saturated carbocycles. The van der Waals surface area contributed by atoms with E-state index in [0.717, 1.165) is 22.4 Å². The summed E-state index contributed by atoms with van der Waals surface area (Å²) in [7, 11) is 3.03. The first-order valence-electron chi connectivity index (χ1n) is 9.12. The van der Waals surface area contributed by atoms with Crippen molar-refractivity contribution in [2.45, 2.75) is 20.3 Å². The summed E-state index contributed by atoms with van der Waals surface area (Å²) in [5, 5.41) is 2.23. The molecule has 1 saturated heterocycles. The van der Waals surface area contributed by atoms with Crippen LogP contribution in [0, 0.1) is 6.92 Å². The Bertz CT molecular complexity index is 1010. The van der Waals surface area contributed by atoms with Gasteiger partial charge in [-0.15, -0.1) is 0 Å². The summed E-state index contributed by atoms with van der Waals surface area (Å²) >= 11 is 0. The number of barbiturate groups is 1. The molecular weight excluding hydrogens is 372 g/mol. The molecule has 0 unspecified atom stereocenters. The van der Waals surface area contributed by atoms with Gasteiger partial charge in [-0.3, -0.25) is 14.9 Å². The molecule has 1 fully saturated rings. The summed E-state index contributed by atoms with van der Waals surface area (Å²) < 4.78 is 10.6. The van der Waals surface area contributed by atoms with E-state index in [-0.39, 0.29) is 5.57 Å². The first-order valence-corrected chi connectivity index (χ1v) is 9.12. The molecule has 0 aliphatic carbocycles. The topological polar surface area (TPSA) is 84.9 Å². The number of benzene rings is 2. The van der Waals surface area contributed by atoms with Gasteiger partial charge in [-0.1, -0.05) is 19.1 Å². The molecule has 4 amide bonds. The lowest BCUT2D eigenvalue weighted by molar-refractivity contribution is -0.122. The van der Waals surface area contributed by atoms with Crippen molar-refractivity contribution in [2.75, 3.05) is 19.1 Å². The monoisotopic (exact) mass is 394 g/mol. The van der Waals surface area contributed by atoms with Crippen LogP contribution in [0.2, 0.25) is 0 Å². The van der Waals surface area contributed by atoms with Gasteiger partial charge in [0.1, 0.15) is 5.57 Å². The SMILES string of the molecule is CCc1ccc(N2C(=O)NC(=O)/C(=C\c3cc(OC)c(OC)cc3C)C2=O)cc1. The molecule has 0 aromatic heterocycles. The lowest BCUT2D eigenvalue weighted by atomic mass is 10.0. The van der Waals surface area contributed by atoms with Gasteiger partial charge in [-0.25, -0.2) is 9.69 Å². The number of carbonyl (C=O) groups is 3. The molecule has 1 heterocycles. The second kappa shape index (κ2) is 8.18. The number of methoxy groups -OCH3 is 2. The normalized spacial score (nSPS) is 15.5. The first kappa shape index (κ1) is 20.1. The number of rotatable bonds is 5. The number of aryl methyl sites for hydroxylation is 2. The molecule has 1 N–H and O–H groups in total. The number of imide groups is 2. The fraction of sp³-hybridized carbons (Fsp3) is 0.227. The van der Waals surface area contributed by atoms with Crippen molar-refractivity contribution in [2.24, 2.45) is 0 Å². The van der Waals surface area contributed by atoms with Gasteiger partial charge in [-0.05, 0) is 60.4 Å². The van der Waals surface area contributed by atoms with Crippen LogP contribution < -0.4 is 19.7 Å². The highest BCUT2D eigenvalue weighted by molar-refractivity contribution is 6.39. The van der Waals surface area contributed by atoms with E-state index in [0.29, 0.717) is 22.7 Å². The van der Waals surface area contributed by atoms with Crippen LogP contribution in [0.1, 0.15) is 23.6 Å². The van der Waals surface area contributed by atoms with Crippen LogP contribution in [-0.2, 0) is 16.0 Å². The fourth-order valence-corrected chi connectivity index (χ4v) is 3.08. The van der Waals surface area contributed by atoms with E-state index < -0.39 is 17.8 Å². The second-order valence-electron chi connectivity index (χ2n) is 6.54. The predicted octanol–water partition coefficient (Wildman–Crippen LogP) is 3.24. The van der Waals surface area contributed by atoms with Crippen LogP contribution >= 0.6 is 0 Å². The Hall–Kier alpha value is -3.61. The highest BCUT2D eigenvalue weighted by atomic mass is 16.5. The van der Waals surface area contributed by atoms with Crippen LogP contribution in [-0.4, -0.2) is 32.1 Å². The largest absolute Gasteiger partial charge is 0.493 e. The summed E-state index contributed by atoms with van der Waals surface area (Å²) in [4.78, 5) is 38.7. The summed E-state index contributed by atoms with van der Waals surface area (Å²) in [6, 6.07) is 9.71. The molecule has 7 heteroatoms. The standard InChI is InChI=1S/C22H22N2O5/c1-5-14-6-8-16(9-7-14)24-21(26)17(20(25)23-22(24)27)11-15-12-19(29-4)18(28-3)10-13(15)2/h6-12H,5H2,1-4H3,(H,23,25,27)/b17-11+. The smallest absolute Gasteiger partial charge is 0.335 e. The Morgan fingerprint density at radius 2 is 1.62 bits per heavy atom. The van der Waals surface area contributed by atoms with E-state index in [1.54, 1.807) is 24.3 Å². The minimum Gasteiger partial charge on any atom is -0.493 e. The number of anilines is 1. The van der Waals surface area contributed by atoms with Crippen molar-refractivity contribution in [1.82, 2.24) is 5.32 Å². The maximum absolute atomic E-state index is 13.0. The van der Waals surface area contributed by atoms with E-state index in [1.807, 2.05) is 26.0 Å². The maximum atomic E-state index is 13.0. The fourth-order valence-electron chi connectivity index (χ4n) is 3.08. The molecular formula is C22H22N2O5. The Morgan fingerprint density at radius 1 is 1.00 bits per heavy atom. The van der Waals surface area contributed by atoms with E-state index in [9.17, 15) is 14.4 Å². The number of ether oxygens (including phenoxy) is 2. The van der Waals surface area contributed by atoms with Crippen LogP contribution in [0.3, 0.4) is 0 Å². The van der Waals surface area contributed by atoms with Gasteiger partial charge in [0, 0.05) is 0 Å². The average molecular weight is 394 g/mol. The Kier molecular flexibility index (Phi) is 5.68. The number of carbonyl (C=O) groups excluding carboxylic acids is 3. The third-order valence-corrected chi connectivity index (χ3v) is 4.78. The van der Waals surface area contributed by atoms with Crippen molar-refractivity contribution in [1.29, 1.82) is 0 Å². The van der Waals surface area contributed by atoms with Crippen LogP contribution in [0.5, 0.6) is 11.5 Å². The minimum atomic E-state index is -0.773. The zero-order valence-electron chi connectivity index (χ0n) is 16.7. The van der Waals surface area contributed by atoms with E-state index in [1.165, 1.54) is 20.3 Å². The molecule has 2 aromatic rings. The summed E-state index contributed by atoms with van der Waals surface area (Å²) in [6.07, 6.45) is 2.29. The van der Waals surface area contributed by atoms with Gasteiger partial charge in [0.05, 0.1) is 19.9 Å². The Morgan fingerprint density at radius 3 is 2.21 bits per heavy atom. The molecule has 3 rings (SSSR count). The quantitative estimate of drug-likeness (QED) is 0.622. The number of amides is 4. The number of nitrogens with one attached hydrogen (secondary N) is 1. The van der Waals surface area contributed by atoms with E-state index in [4.69, 9.17) is 9.47 Å². The van der Waals surface area contributed by atoms with Gasteiger partial charge in [0.25, 0.3) is 11.8 Å². The molecule has 0 spiro atoms. The minimum absolute atomic E-state index is 0.139. The van der Waals surface area contributed by atoms with Crippen molar-refractivity contribution in [3.8, 4) is 11.5 Å². The molecule has 0 radical (unpaired) electrons. The average Bonchev–Trinajstić information content (AvgIpc) is 2.72. The molecule has 1 aliphatic heterocycles. The molecule has 29 heavy (non-hydrogen) atoms. The lowest BCUT2D eigenvalue weighted by Gasteiger charge is -2.26. The number of hydrogen-bond acceptors (Lipinski definition) is 5. The molecule has 2 aromatic carbocycles. The second-order valence-corrected chi connectivity index (χ2v) is 6.54. The van der Waals surface area contributed by atoms with Crippen molar-refractivity contribution < 1.29 is 23.9 Å². The molecule has 0 bridgehead atoms. The zero-order valence-corrected chi connectivity index (χ0v) is 16.7. The summed E-state index contributed by atoms with van der Waals surface area (Å²) in [6.45, 7) is 3.84. The lowest BCUT2D eigenvalue weighted by Crippen LogP contribution is -2.54. The van der Waals surface area contributed by atoms with Gasteiger partial charge in [0.15, 0.2) is 11.5 Å². The van der Waals surface area contributed by atoms with Crippen LogP contribution in [0.25, 0.3) is 6.08 Å². The van der Waals surface area contributed by atoms with E-state index >= 15 is 0 Å². The van der Waals surface area contributed by atoms with Gasteiger partial charge < -0.3 is 9.47 Å². The molecule has 0 atom stereocenters. The third kappa shape index (κ3) is 3.85. The maximum Gasteiger partial charge on any atom is 0.335 e. The predicted molar refractivity (Wildman–Crippen MR) is 109 cm³/mol. The van der Waals surface area contributed by atoms with Crippen molar-refractivity contribution in [3.63, 3.8) is 0 Å². The number of urea groups is 1. The molecule has 150 valence electrons. The zero-order chi connectivity index (χ0) is 21.1.